The van der Waals surface area contributed by atoms with Crippen LogP contribution in [0.15, 0.2) is 60.7 Å². The molecule has 0 aliphatic rings. The lowest BCUT2D eigenvalue weighted by atomic mass is 9.97. The topological polar surface area (TPSA) is 55.8 Å². The number of aliphatic hydroxyl groups excluding tert-OH is 1. The Morgan fingerprint density at radius 1 is 0.962 bits per heavy atom. The quantitative estimate of drug-likeness (QED) is 0.708. The van der Waals surface area contributed by atoms with Crippen molar-refractivity contribution in [3.8, 4) is 11.5 Å². The number of hydrogen-bond acceptors (Lipinski definition) is 4. The highest BCUT2D eigenvalue weighted by Crippen LogP contribution is 2.27. The molecule has 0 aliphatic heterocycles. The number of hydrogen-bond donors (Lipinski definition) is 1. The highest BCUT2D eigenvalue weighted by atomic mass is 16.5. The first-order chi connectivity index (χ1) is 12.6. The van der Waals surface area contributed by atoms with Gasteiger partial charge in [-0.15, -0.1) is 0 Å². The molecular formula is C22H22O4. The Kier molecular flexibility index (Phi) is 5.54. The molecule has 0 aliphatic carbocycles. The Morgan fingerprint density at radius 2 is 1.62 bits per heavy atom. The average Bonchev–Trinajstić information content (AvgIpc) is 2.67. The fourth-order valence-electron chi connectivity index (χ4n) is 3.00. The molecule has 0 fully saturated rings. The summed E-state index contributed by atoms with van der Waals surface area (Å²) in [5, 5.41) is 12.4. The van der Waals surface area contributed by atoms with Crippen LogP contribution in [0, 0.1) is 0 Å². The van der Waals surface area contributed by atoms with E-state index in [-0.39, 0.29) is 18.6 Å². The van der Waals surface area contributed by atoms with Crippen molar-refractivity contribution < 1.29 is 19.4 Å². The zero-order valence-corrected chi connectivity index (χ0v) is 14.9. The van der Waals surface area contributed by atoms with Gasteiger partial charge in [-0.1, -0.05) is 36.4 Å². The van der Waals surface area contributed by atoms with Gasteiger partial charge in [0, 0.05) is 18.4 Å². The number of carbonyl (C=O) groups is 1. The number of ketones is 1. The van der Waals surface area contributed by atoms with E-state index in [0.717, 1.165) is 27.6 Å². The maximum Gasteiger partial charge on any atom is 0.166 e. The molecule has 134 valence electrons. The van der Waals surface area contributed by atoms with E-state index >= 15 is 0 Å². The molecule has 0 saturated carbocycles. The maximum atomic E-state index is 12.5. The monoisotopic (exact) mass is 350 g/mol. The van der Waals surface area contributed by atoms with E-state index in [4.69, 9.17) is 9.47 Å². The molecule has 0 spiro atoms. The molecule has 1 atom stereocenters. The van der Waals surface area contributed by atoms with Gasteiger partial charge in [0.2, 0.25) is 0 Å². The molecule has 0 bridgehead atoms. The van der Waals surface area contributed by atoms with Crippen LogP contribution in [-0.4, -0.2) is 31.2 Å². The largest absolute Gasteiger partial charge is 0.497 e. The van der Waals surface area contributed by atoms with Crippen molar-refractivity contribution in [3.63, 3.8) is 0 Å². The SMILES string of the molecule is COc1ccc(CC(O)C(=O)Cc2cc3ccccc3cc2OC)cc1. The number of carbonyl (C=O) groups excluding carboxylic acids is 1. The van der Waals surface area contributed by atoms with E-state index in [1.807, 2.05) is 60.7 Å². The number of methoxy groups -OCH3 is 2. The summed E-state index contributed by atoms with van der Waals surface area (Å²) in [6, 6.07) is 19.1. The van der Waals surface area contributed by atoms with Crippen LogP contribution >= 0.6 is 0 Å². The third-order valence-electron chi connectivity index (χ3n) is 4.47. The van der Waals surface area contributed by atoms with Crippen LogP contribution in [0.3, 0.4) is 0 Å². The number of Topliss-reactive ketones (excluding diaryl/α,β-unsaturated/α-hetero) is 1. The molecule has 0 amide bonds. The van der Waals surface area contributed by atoms with E-state index in [9.17, 15) is 9.90 Å². The van der Waals surface area contributed by atoms with Crippen LogP contribution in [0.5, 0.6) is 11.5 Å². The highest BCUT2D eigenvalue weighted by Gasteiger charge is 2.18. The van der Waals surface area contributed by atoms with Gasteiger partial charge in [-0.05, 0) is 40.6 Å². The summed E-state index contributed by atoms with van der Waals surface area (Å²) in [6.45, 7) is 0. The Balaban J connectivity index is 1.74. The second kappa shape index (κ2) is 8.02. The number of ether oxygens (including phenoxy) is 2. The summed E-state index contributed by atoms with van der Waals surface area (Å²) >= 11 is 0. The summed E-state index contributed by atoms with van der Waals surface area (Å²) in [5.74, 6) is 1.18. The van der Waals surface area contributed by atoms with E-state index < -0.39 is 6.10 Å². The molecule has 4 nitrogen and oxygen atoms in total. The van der Waals surface area contributed by atoms with Crippen molar-refractivity contribution in [2.75, 3.05) is 14.2 Å². The lowest BCUT2D eigenvalue weighted by molar-refractivity contribution is -0.126. The van der Waals surface area contributed by atoms with E-state index in [0.29, 0.717) is 5.75 Å². The van der Waals surface area contributed by atoms with Crippen molar-refractivity contribution in [3.05, 3.63) is 71.8 Å². The van der Waals surface area contributed by atoms with Gasteiger partial charge in [0.1, 0.15) is 17.6 Å². The van der Waals surface area contributed by atoms with Crippen LogP contribution in [0.1, 0.15) is 11.1 Å². The molecule has 0 radical (unpaired) electrons. The fourth-order valence-corrected chi connectivity index (χ4v) is 3.00. The van der Waals surface area contributed by atoms with Crippen LogP contribution in [-0.2, 0) is 17.6 Å². The van der Waals surface area contributed by atoms with E-state index in [1.54, 1.807) is 14.2 Å². The standard InChI is InChI=1S/C22H22O4/c1-25-19-9-7-15(8-10-19)11-20(23)21(24)13-18-12-16-5-3-4-6-17(16)14-22(18)26-2/h3-10,12,14,20,23H,11,13H2,1-2H3. The summed E-state index contributed by atoms with van der Waals surface area (Å²) in [4.78, 5) is 12.5. The number of benzene rings is 3. The first-order valence-corrected chi connectivity index (χ1v) is 8.50. The lowest BCUT2D eigenvalue weighted by Gasteiger charge is -2.13. The maximum absolute atomic E-state index is 12.5. The van der Waals surface area contributed by atoms with Gasteiger partial charge in [-0.3, -0.25) is 4.79 Å². The minimum atomic E-state index is -1.06. The molecule has 3 aromatic carbocycles. The van der Waals surface area contributed by atoms with Gasteiger partial charge in [0.15, 0.2) is 5.78 Å². The van der Waals surface area contributed by atoms with Crippen molar-refractivity contribution >= 4 is 16.6 Å². The van der Waals surface area contributed by atoms with Gasteiger partial charge >= 0.3 is 0 Å². The summed E-state index contributed by atoms with van der Waals surface area (Å²) in [7, 11) is 3.19. The third kappa shape index (κ3) is 4.03. The van der Waals surface area contributed by atoms with Gasteiger partial charge in [0.05, 0.1) is 14.2 Å². The summed E-state index contributed by atoms with van der Waals surface area (Å²) < 4.78 is 10.5. The van der Waals surface area contributed by atoms with Gasteiger partial charge in [-0.2, -0.15) is 0 Å². The Hall–Kier alpha value is -2.85. The zero-order valence-electron chi connectivity index (χ0n) is 14.9. The molecular weight excluding hydrogens is 328 g/mol. The average molecular weight is 350 g/mol. The van der Waals surface area contributed by atoms with Gasteiger partial charge in [-0.25, -0.2) is 0 Å². The van der Waals surface area contributed by atoms with Crippen LogP contribution < -0.4 is 9.47 Å². The van der Waals surface area contributed by atoms with Crippen LogP contribution in [0.4, 0.5) is 0 Å². The highest BCUT2D eigenvalue weighted by molar-refractivity contribution is 5.89. The Morgan fingerprint density at radius 3 is 2.23 bits per heavy atom. The lowest BCUT2D eigenvalue weighted by Crippen LogP contribution is -2.24. The minimum absolute atomic E-state index is 0.130. The number of aliphatic hydroxyl groups is 1. The van der Waals surface area contributed by atoms with Crippen LogP contribution in [0.25, 0.3) is 10.8 Å². The normalized spacial score (nSPS) is 12.0. The fraction of sp³-hybridized carbons (Fsp3) is 0.227. The molecule has 26 heavy (non-hydrogen) atoms. The van der Waals surface area contributed by atoms with Crippen molar-refractivity contribution in [1.29, 1.82) is 0 Å². The number of rotatable bonds is 7. The van der Waals surface area contributed by atoms with Crippen molar-refractivity contribution in [1.82, 2.24) is 0 Å². The molecule has 3 rings (SSSR count). The minimum Gasteiger partial charge on any atom is -0.497 e. The predicted octanol–water partition coefficient (Wildman–Crippen LogP) is 3.57. The Bertz CT molecular complexity index is 900. The summed E-state index contributed by atoms with van der Waals surface area (Å²) in [6.07, 6.45) is -0.649. The first kappa shape index (κ1) is 18.0. The number of fused-ring (bicyclic) bond motifs is 1. The molecule has 0 saturated heterocycles. The predicted molar refractivity (Wildman–Crippen MR) is 102 cm³/mol. The third-order valence-corrected chi connectivity index (χ3v) is 4.47. The molecule has 3 aromatic rings. The van der Waals surface area contributed by atoms with Crippen molar-refractivity contribution in [2.45, 2.75) is 18.9 Å². The second-order valence-electron chi connectivity index (χ2n) is 6.22. The second-order valence-corrected chi connectivity index (χ2v) is 6.22. The van der Waals surface area contributed by atoms with E-state index in [1.165, 1.54) is 0 Å². The van der Waals surface area contributed by atoms with Gasteiger partial charge in [0.25, 0.3) is 0 Å². The van der Waals surface area contributed by atoms with Crippen molar-refractivity contribution in [2.24, 2.45) is 0 Å². The Labute approximate surface area is 153 Å². The molecule has 0 heterocycles. The summed E-state index contributed by atoms with van der Waals surface area (Å²) in [5.41, 5.74) is 1.67. The smallest absolute Gasteiger partial charge is 0.166 e. The van der Waals surface area contributed by atoms with E-state index in [2.05, 4.69) is 0 Å². The van der Waals surface area contributed by atoms with Gasteiger partial charge < -0.3 is 14.6 Å². The first-order valence-electron chi connectivity index (χ1n) is 8.50. The molecule has 1 unspecified atom stereocenters. The molecule has 0 aromatic heterocycles. The zero-order chi connectivity index (χ0) is 18.5. The van der Waals surface area contributed by atoms with Crippen LogP contribution in [0.2, 0.25) is 0 Å². The molecule has 1 N–H and O–H groups in total. The molecule has 4 heteroatoms.